The predicted octanol–water partition coefficient (Wildman–Crippen LogP) is 5.22. The van der Waals surface area contributed by atoms with Crippen molar-refractivity contribution in [2.45, 2.75) is 20.4 Å². The molecule has 2 aromatic carbocycles. The molecule has 106 valence electrons. The first kappa shape index (κ1) is 15.3. The molecule has 0 bridgehead atoms. The lowest BCUT2D eigenvalue weighted by molar-refractivity contribution is 0.619. The van der Waals surface area contributed by atoms with Crippen molar-refractivity contribution in [3.63, 3.8) is 0 Å². The zero-order chi connectivity index (χ0) is 14.7. The third-order valence-corrected chi connectivity index (χ3v) is 3.84. The number of hydrogen-bond donors (Lipinski definition) is 1. The van der Waals surface area contributed by atoms with E-state index in [1.165, 1.54) is 6.07 Å². The van der Waals surface area contributed by atoms with E-state index in [1.807, 2.05) is 25.1 Å². The van der Waals surface area contributed by atoms with Gasteiger partial charge in [0.1, 0.15) is 5.82 Å². The number of halogens is 3. The van der Waals surface area contributed by atoms with E-state index >= 15 is 0 Å². The fraction of sp³-hybridized carbons (Fsp3) is 0.250. The SMILES string of the molecule is CCNCc1ccc(-c2cc(C)c(F)cc2Cl)cc1Cl. The van der Waals surface area contributed by atoms with Crippen LogP contribution in [0.25, 0.3) is 11.1 Å². The van der Waals surface area contributed by atoms with E-state index in [1.54, 1.807) is 13.0 Å². The summed E-state index contributed by atoms with van der Waals surface area (Å²) in [6.45, 7) is 5.38. The number of benzene rings is 2. The molecule has 0 spiro atoms. The van der Waals surface area contributed by atoms with Gasteiger partial charge in [-0.05, 0) is 48.4 Å². The molecule has 0 saturated carbocycles. The molecule has 0 saturated heterocycles. The summed E-state index contributed by atoms with van der Waals surface area (Å²) in [7, 11) is 0. The van der Waals surface area contributed by atoms with Gasteiger partial charge in [0.25, 0.3) is 0 Å². The van der Waals surface area contributed by atoms with Gasteiger partial charge in [0.15, 0.2) is 0 Å². The molecule has 0 unspecified atom stereocenters. The smallest absolute Gasteiger partial charge is 0.127 e. The summed E-state index contributed by atoms with van der Waals surface area (Å²) >= 11 is 12.4. The van der Waals surface area contributed by atoms with Crippen LogP contribution in [0.15, 0.2) is 30.3 Å². The highest BCUT2D eigenvalue weighted by molar-refractivity contribution is 6.34. The fourth-order valence-corrected chi connectivity index (χ4v) is 2.50. The first-order chi connectivity index (χ1) is 9.52. The number of rotatable bonds is 4. The molecule has 2 rings (SSSR count). The van der Waals surface area contributed by atoms with Gasteiger partial charge in [0.2, 0.25) is 0 Å². The van der Waals surface area contributed by atoms with Crippen LogP contribution in [0.5, 0.6) is 0 Å². The zero-order valence-corrected chi connectivity index (χ0v) is 12.9. The summed E-state index contributed by atoms with van der Waals surface area (Å²) < 4.78 is 13.4. The average Bonchev–Trinajstić information content (AvgIpc) is 2.41. The molecule has 20 heavy (non-hydrogen) atoms. The highest BCUT2D eigenvalue weighted by atomic mass is 35.5. The summed E-state index contributed by atoms with van der Waals surface area (Å²) in [5.41, 5.74) is 3.29. The lowest BCUT2D eigenvalue weighted by atomic mass is 10.0. The van der Waals surface area contributed by atoms with Gasteiger partial charge in [-0.25, -0.2) is 4.39 Å². The number of hydrogen-bond acceptors (Lipinski definition) is 1. The molecule has 0 amide bonds. The van der Waals surface area contributed by atoms with Gasteiger partial charge in [0.05, 0.1) is 5.02 Å². The third kappa shape index (κ3) is 3.32. The van der Waals surface area contributed by atoms with Gasteiger partial charge in [-0.2, -0.15) is 0 Å². The van der Waals surface area contributed by atoms with Crippen LogP contribution in [0.1, 0.15) is 18.1 Å². The number of nitrogens with one attached hydrogen (secondary N) is 1. The standard InChI is InChI=1S/C16H16Cl2FN/c1-3-20-9-12-5-4-11(7-14(12)17)13-6-10(2)16(19)8-15(13)18/h4-8,20H,3,9H2,1-2H3. The van der Waals surface area contributed by atoms with Crippen LogP contribution >= 0.6 is 23.2 Å². The minimum absolute atomic E-state index is 0.298. The summed E-state index contributed by atoms with van der Waals surface area (Å²) in [6, 6.07) is 8.87. The fourth-order valence-electron chi connectivity index (χ4n) is 2.00. The maximum Gasteiger partial charge on any atom is 0.127 e. The van der Waals surface area contributed by atoms with Crippen molar-refractivity contribution in [1.29, 1.82) is 0 Å². The van der Waals surface area contributed by atoms with Crippen LogP contribution in [-0.2, 0) is 6.54 Å². The Hall–Kier alpha value is -1.09. The highest BCUT2D eigenvalue weighted by Crippen LogP contribution is 2.32. The van der Waals surface area contributed by atoms with Crippen LogP contribution in [-0.4, -0.2) is 6.54 Å². The van der Waals surface area contributed by atoms with E-state index in [0.29, 0.717) is 15.6 Å². The molecular weight excluding hydrogens is 296 g/mol. The van der Waals surface area contributed by atoms with Crippen molar-refractivity contribution in [2.24, 2.45) is 0 Å². The predicted molar refractivity (Wildman–Crippen MR) is 84.0 cm³/mol. The molecule has 0 aromatic heterocycles. The summed E-state index contributed by atoms with van der Waals surface area (Å²) in [5.74, 6) is -0.298. The molecular formula is C16H16Cl2FN. The monoisotopic (exact) mass is 311 g/mol. The number of aryl methyl sites for hydroxylation is 1. The first-order valence-electron chi connectivity index (χ1n) is 6.48. The Morgan fingerprint density at radius 3 is 2.50 bits per heavy atom. The van der Waals surface area contributed by atoms with E-state index in [2.05, 4.69) is 5.32 Å². The Kier molecular flexibility index (Phi) is 5.03. The van der Waals surface area contributed by atoms with Crippen LogP contribution in [0.2, 0.25) is 10.0 Å². The summed E-state index contributed by atoms with van der Waals surface area (Å²) in [6.07, 6.45) is 0. The Morgan fingerprint density at radius 2 is 1.85 bits per heavy atom. The Bertz CT molecular complexity index is 626. The lowest BCUT2D eigenvalue weighted by Crippen LogP contribution is -2.11. The van der Waals surface area contributed by atoms with Gasteiger partial charge in [-0.1, -0.05) is 42.3 Å². The molecule has 0 heterocycles. The van der Waals surface area contributed by atoms with Gasteiger partial charge >= 0.3 is 0 Å². The highest BCUT2D eigenvalue weighted by Gasteiger charge is 2.10. The lowest BCUT2D eigenvalue weighted by Gasteiger charge is -2.10. The van der Waals surface area contributed by atoms with Crippen molar-refractivity contribution in [3.8, 4) is 11.1 Å². The maximum atomic E-state index is 13.4. The molecule has 0 radical (unpaired) electrons. The molecule has 4 heteroatoms. The molecule has 0 aliphatic rings. The van der Waals surface area contributed by atoms with Crippen molar-refractivity contribution in [3.05, 3.63) is 57.3 Å². The normalized spacial score (nSPS) is 10.8. The van der Waals surface area contributed by atoms with Crippen molar-refractivity contribution in [2.75, 3.05) is 6.54 Å². The molecule has 1 nitrogen and oxygen atoms in total. The minimum Gasteiger partial charge on any atom is -0.313 e. The largest absolute Gasteiger partial charge is 0.313 e. The second-order valence-electron chi connectivity index (χ2n) is 4.67. The van der Waals surface area contributed by atoms with Crippen molar-refractivity contribution >= 4 is 23.2 Å². The second kappa shape index (κ2) is 6.57. The minimum atomic E-state index is -0.298. The van der Waals surface area contributed by atoms with Gasteiger partial charge in [0, 0.05) is 17.1 Å². The molecule has 2 aromatic rings. The topological polar surface area (TPSA) is 12.0 Å². The average molecular weight is 312 g/mol. The van der Waals surface area contributed by atoms with E-state index in [9.17, 15) is 4.39 Å². The molecule has 0 aliphatic heterocycles. The van der Waals surface area contributed by atoms with Gasteiger partial charge in [-0.15, -0.1) is 0 Å². The van der Waals surface area contributed by atoms with Crippen molar-refractivity contribution in [1.82, 2.24) is 5.32 Å². The quantitative estimate of drug-likeness (QED) is 0.816. The summed E-state index contributed by atoms with van der Waals surface area (Å²) in [4.78, 5) is 0. The van der Waals surface area contributed by atoms with Crippen LogP contribution < -0.4 is 5.32 Å². The van der Waals surface area contributed by atoms with Gasteiger partial charge in [-0.3, -0.25) is 0 Å². The molecule has 0 fully saturated rings. The van der Waals surface area contributed by atoms with E-state index in [4.69, 9.17) is 23.2 Å². The van der Waals surface area contributed by atoms with Crippen LogP contribution in [0, 0.1) is 12.7 Å². The van der Waals surface area contributed by atoms with Gasteiger partial charge < -0.3 is 5.32 Å². The van der Waals surface area contributed by atoms with Crippen LogP contribution in [0.3, 0.4) is 0 Å². The Labute approximate surface area is 128 Å². The van der Waals surface area contributed by atoms with E-state index in [0.717, 1.165) is 29.8 Å². The van der Waals surface area contributed by atoms with E-state index < -0.39 is 0 Å². The Morgan fingerprint density at radius 1 is 1.10 bits per heavy atom. The Balaban J connectivity index is 2.39. The second-order valence-corrected chi connectivity index (χ2v) is 5.48. The van der Waals surface area contributed by atoms with Crippen LogP contribution in [0.4, 0.5) is 4.39 Å². The third-order valence-electron chi connectivity index (χ3n) is 3.18. The van der Waals surface area contributed by atoms with Crippen molar-refractivity contribution < 1.29 is 4.39 Å². The molecule has 0 aliphatic carbocycles. The first-order valence-corrected chi connectivity index (χ1v) is 7.23. The maximum absolute atomic E-state index is 13.4. The van der Waals surface area contributed by atoms with E-state index in [-0.39, 0.29) is 5.82 Å². The molecule has 1 N–H and O–H groups in total. The summed E-state index contributed by atoms with van der Waals surface area (Å²) in [5, 5.41) is 4.31. The molecule has 0 atom stereocenters. The zero-order valence-electron chi connectivity index (χ0n) is 11.4.